The van der Waals surface area contributed by atoms with Crippen LogP contribution in [0.25, 0.3) is 0 Å². The molecule has 3 N–H and O–H groups in total. The first-order valence-corrected chi connectivity index (χ1v) is 7.06. The third kappa shape index (κ3) is 2.25. The van der Waals surface area contributed by atoms with Crippen LogP contribution in [0.1, 0.15) is 35.2 Å². The van der Waals surface area contributed by atoms with Gasteiger partial charge in [0.25, 0.3) is 0 Å². The number of phenols is 2. The van der Waals surface area contributed by atoms with Gasteiger partial charge in [-0.25, -0.2) is 0 Å². The van der Waals surface area contributed by atoms with Crippen molar-refractivity contribution in [2.24, 2.45) is 0 Å². The molecule has 2 aromatic rings. The number of aromatic hydroxyl groups is 2. The Morgan fingerprint density at radius 2 is 1.80 bits per heavy atom. The van der Waals surface area contributed by atoms with Crippen molar-refractivity contribution in [2.75, 3.05) is 6.54 Å². The van der Waals surface area contributed by atoms with Crippen LogP contribution in [-0.4, -0.2) is 16.8 Å². The van der Waals surface area contributed by atoms with Crippen LogP contribution >= 0.6 is 0 Å². The highest BCUT2D eigenvalue weighted by atomic mass is 16.3. The zero-order valence-corrected chi connectivity index (χ0v) is 11.6. The van der Waals surface area contributed by atoms with Gasteiger partial charge >= 0.3 is 0 Å². The normalized spacial score (nSPS) is 17.8. The molecular weight excluding hydrogens is 250 g/mol. The van der Waals surface area contributed by atoms with Gasteiger partial charge in [-0.1, -0.05) is 31.2 Å². The number of aryl methyl sites for hydroxylation is 1. The molecule has 0 radical (unpaired) electrons. The number of fused-ring (bicyclic) bond motifs is 1. The zero-order valence-electron chi connectivity index (χ0n) is 11.6. The van der Waals surface area contributed by atoms with Crippen molar-refractivity contribution >= 4 is 0 Å². The lowest BCUT2D eigenvalue weighted by Gasteiger charge is -2.28. The lowest BCUT2D eigenvalue weighted by Crippen LogP contribution is -2.30. The summed E-state index contributed by atoms with van der Waals surface area (Å²) < 4.78 is 0. The lowest BCUT2D eigenvalue weighted by atomic mass is 9.89. The minimum Gasteiger partial charge on any atom is -0.504 e. The predicted molar refractivity (Wildman–Crippen MR) is 79.1 cm³/mol. The Morgan fingerprint density at radius 3 is 2.50 bits per heavy atom. The van der Waals surface area contributed by atoms with E-state index >= 15 is 0 Å². The maximum atomic E-state index is 9.74. The zero-order chi connectivity index (χ0) is 14.1. The minimum absolute atomic E-state index is 0.0364. The van der Waals surface area contributed by atoms with E-state index in [-0.39, 0.29) is 17.5 Å². The summed E-state index contributed by atoms with van der Waals surface area (Å²) in [5, 5.41) is 22.9. The molecule has 20 heavy (non-hydrogen) atoms. The first kappa shape index (κ1) is 13.0. The molecule has 1 atom stereocenters. The molecule has 3 heteroatoms. The molecule has 104 valence electrons. The molecule has 0 saturated carbocycles. The summed E-state index contributed by atoms with van der Waals surface area (Å²) in [6, 6.07) is 12.0. The monoisotopic (exact) mass is 269 g/mol. The second-order valence-electron chi connectivity index (χ2n) is 5.27. The summed E-state index contributed by atoms with van der Waals surface area (Å²) in [5.74, 6) is -0.0895. The van der Waals surface area contributed by atoms with Crippen molar-refractivity contribution < 1.29 is 10.2 Å². The van der Waals surface area contributed by atoms with Crippen molar-refractivity contribution in [1.82, 2.24) is 5.32 Å². The maximum absolute atomic E-state index is 9.74. The summed E-state index contributed by atoms with van der Waals surface area (Å²) in [7, 11) is 0. The SMILES string of the molecule is CCc1ccc(C2NCCc3cc(O)c(O)cc32)cc1. The highest BCUT2D eigenvalue weighted by molar-refractivity contribution is 5.50. The molecule has 0 amide bonds. The highest BCUT2D eigenvalue weighted by Crippen LogP contribution is 2.36. The van der Waals surface area contributed by atoms with Gasteiger partial charge in [-0.2, -0.15) is 0 Å². The average molecular weight is 269 g/mol. The molecule has 0 spiro atoms. The third-order valence-corrected chi connectivity index (χ3v) is 4.01. The van der Waals surface area contributed by atoms with E-state index in [9.17, 15) is 10.2 Å². The van der Waals surface area contributed by atoms with Gasteiger partial charge in [0.2, 0.25) is 0 Å². The number of hydrogen-bond acceptors (Lipinski definition) is 3. The Hall–Kier alpha value is -2.00. The van der Waals surface area contributed by atoms with Gasteiger partial charge in [0.15, 0.2) is 11.5 Å². The molecular formula is C17H19NO2. The summed E-state index contributed by atoms with van der Waals surface area (Å²) >= 11 is 0. The molecule has 0 aromatic heterocycles. The van der Waals surface area contributed by atoms with Crippen molar-refractivity contribution in [3.63, 3.8) is 0 Å². The van der Waals surface area contributed by atoms with E-state index in [0.717, 1.165) is 30.5 Å². The molecule has 3 rings (SSSR count). The molecule has 3 nitrogen and oxygen atoms in total. The standard InChI is InChI=1S/C17H19NO2/c1-2-11-3-5-12(6-4-11)17-14-10-16(20)15(19)9-13(14)7-8-18-17/h3-6,9-10,17-20H,2,7-8H2,1H3. The van der Waals surface area contributed by atoms with Gasteiger partial charge in [0.05, 0.1) is 6.04 Å². The molecule has 0 saturated heterocycles. The molecule has 1 unspecified atom stereocenters. The van der Waals surface area contributed by atoms with Gasteiger partial charge in [-0.3, -0.25) is 0 Å². The fourth-order valence-corrected chi connectivity index (χ4v) is 2.83. The van der Waals surface area contributed by atoms with Crippen molar-refractivity contribution in [3.8, 4) is 11.5 Å². The van der Waals surface area contributed by atoms with Crippen molar-refractivity contribution in [3.05, 3.63) is 58.7 Å². The smallest absolute Gasteiger partial charge is 0.157 e. The number of nitrogens with one attached hydrogen (secondary N) is 1. The van der Waals surface area contributed by atoms with Crippen LogP contribution in [0.4, 0.5) is 0 Å². The van der Waals surface area contributed by atoms with E-state index in [1.54, 1.807) is 12.1 Å². The Kier molecular flexibility index (Phi) is 3.36. The Labute approximate surface area is 118 Å². The Bertz CT molecular complexity index is 620. The van der Waals surface area contributed by atoms with Crippen LogP contribution in [0.2, 0.25) is 0 Å². The number of phenolic OH excluding ortho intramolecular Hbond substituents is 2. The van der Waals surface area contributed by atoms with Crippen LogP contribution in [0.15, 0.2) is 36.4 Å². The average Bonchev–Trinajstić information content (AvgIpc) is 2.48. The first-order chi connectivity index (χ1) is 9.69. The summed E-state index contributed by atoms with van der Waals surface area (Å²) in [5.41, 5.74) is 4.66. The van der Waals surface area contributed by atoms with Crippen LogP contribution in [0, 0.1) is 0 Å². The lowest BCUT2D eigenvalue weighted by molar-refractivity contribution is 0.400. The van der Waals surface area contributed by atoms with E-state index in [4.69, 9.17) is 0 Å². The topological polar surface area (TPSA) is 52.5 Å². The predicted octanol–water partition coefficient (Wildman–Crippen LogP) is 2.90. The minimum atomic E-state index is -0.0531. The highest BCUT2D eigenvalue weighted by Gasteiger charge is 2.23. The fourth-order valence-electron chi connectivity index (χ4n) is 2.83. The van der Waals surface area contributed by atoms with Gasteiger partial charge in [0, 0.05) is 6.54 Å². The number of hydrogen-bond donors (Lipinski definition) is 3. The molecule has 0 fully saturated rings. The van der Waals surface area contributed by atoms with Crippen molar-refractivity contribution in [2.45, 2.75) is 25.8 Å². The van der Waals surface area contributed by atoms with Crippen LogP contribution in [0.3, 0.4) is 0 Å². The quantitative estimate of drug-likeness (QED) is 0.735. The van der Waals surface area contributed by atoms with Crippen LogP contribution < -0.4 is 5.32 Å². The Balaban J connectivity index is 2.02. The summed E-state index contributed by atoms with van der Waals surface area (Å²) in [6.07, 6.45) is 1.90. The molecule has 1 aliphatic rings. The largest absolute Gasteiger partial charge is 0.504 e. The maximum Gasteiger partial charge on any atom is 0.157 e. The van der Waals surface area contributed by atoms with Gasteiger partial charge in [-0.15, -0.1) is 0 Å². The second kappa shape index (κ2) is 5.17. The van der Waals surface area contributed by atoms with E-state index in [2.05, 4.69) is 36.5 Å². The van der Waals surface area contributed by atoms with E-state index in [1.165, 1.54) is 11.1 Å². The van der Waals surface area contributed by atoms with Gasteiger partial charge in [0.1, 0.15) is 0 Å². The van der Waals surface area contributed by atoms with E-state index < -0.39 is 0 Å². The summed E-state index contributed by atoms with van der Waals surface area (Å²) in [6.45, 7) is 3.02. The van der Waals surface area contributed by atoms with Gasteiger partial charge in [-0.05, 0) is 47.2 Å². The van der Waals surface area contributed by atoms with E-state index in [0.29, 0.717) is 0 Å². The molecule has 0 aliphatic carbocycles. The van der Waals surface area contributed by atoms with Crippen LogP contribution in [0.5, 0.6) is 11.5 Å². The fraction of sp³-hybridized carbons (Fsp3) is 0.294. The first-order valence-electron chi connectivity index (χ1n) is 7.06. The van der Waals surface area contributed by atoms with E-state index in [1.807, 2.05) is 0 Å². The molecule has 1 aliphatic heterocycles. The number of benzene rings is 2. The third-order valence-electron chi connectivity index (χ3n) is 4.01. The summed E-state index contributed by atoms with van der Waals surface area (Å²) in [4.78, 5) is 0. The van der Waals surface area contributed by atoms with Crippen LogP contribution in [-0.2, 0) is 12.8 Å². The molecule has 0 bridgehead atoms. The second-order valence-corrected chi connectivity index (χ2v) is 5.27. The van der Waals surface area contributed by atoms with Gasteiger partial charge < -0.3 is 15.5 Å². The van der Waals surface area contributed by atoms with Crippen molar-refractivity contribution in [1.29, 1.82) is 0 Å². The molecule has 1 heterocycles. The number of rotatable bonds is 2. The molecule has 2 aromatic carbocycles. The Morgan fingerprint density at radius 1 is 1.10 bits per heavy atom.